The Morgan fingerprint density at radius 2 is 1.81 bits per heavy atom. The largest absolute Gasteiger partial charge is 0.490 e. The van der Waals surface area contributed by atoms with Crippen LogP contribution in [0.1, 0.15) is 25.0 Å². The van der Waals surface area contributed by atoms with Gasteiger partial charge in [0.1, 0.15) is 0 Å². The van der Waals surface area contributed by atoms with Crippen LogP contribution in [0.2, 0.25) is 0 Å². The van der Waals surface area contributed by atoms with Gasteiger partial charge in [0.25, 0.3) is 0 Å². The highest BCUT2D eigenvalue weighted by atomic mass is 127. The molecule has 0 radical (unpaired) electrons. The minimum absolute atomic E-state index is 0. The van der Waals surface area contributed by atoms with Gasteiger partial charge in [-0.25, -0.2) is 0 Å². The van der Waals surface area contributed by atoms with E-state index in [1.165, 1.54) is 0 Å². The van der Waals surface area contributed by atoms with Crippen molar-refractivity contribution in [2.45, 2.75) is 20.3 Å². The Bertz CT molecular complexity index is 941. The minimum atomic E-state index is -0.190. The van der Waals surface area contributed by atoms with E-state index in [1.54, 1.807) is 31.3 Å². The maximum Gasteiger partial charge on any atom is 0.243 e. The Hall–Kier alpha value is -2.93. The first kappa shape index (κ1) is 27.1. The topological polar surface area (TPSA) is 84.0 Å². The van der Waals surface area contributed by atoms with E-state index in [1.807, 2.05) is 32.0 Å². The van der Waals surface area contributed by atoms with Crippen molar-refractivity contribution in [1.82, 2.24) is 10.6 Å². The summed E-state index contributed by atoms with van der Waals surface area (Å²) in [4.78, 5) is 16.3. The number of carbonyl (C=O) groups excluding carboxylic acids is 1. The molecule has 1 amide bonds. The number of guanidine groups is 1. The molecule has 3 N–H and O–H groups in total. The number of benzene rings is 2. The summed E-state index contributed by atoms with van der Waals surface area (Å²) in [6.45, 7) is 5.78. The molecule has 0 aliphatic heterocycles. The van der Waals surface area contributed by atoms with Gasteiger partial charge in [0.05, 0.1) is 19.8 Å². The minimum Gasteiger partial charge on any atom is -0.490 e. The highest BCUT2D eigenvalue weighted by Crippen LogP contribution is 2.28. The number of amides is 1. The van der Waals surface area contributed by atoms with E-state index in [4.69, 9.17) is 15.9 Å². The summed E-state index contributed by atoms with van der Waals surface area (Å²) in [5, 5.41) is 9.02. The lowest BCUT2D eigenvalue weighted by atomic mass is 10.1. The van der Waals surface area contributed by atoms with Gasteiger partial charge < -0.3 is 25.4 Å². The molecule has 172 valence electrons. The second kappa shape index (κ2) is 15.0. The average molecular weight is 550 g/mol. The van der Waals surface area contributed by atoms with Crippen molar-refractivity contribution in [3.63, 3.8) is 0 Å². The van der Waals surface area contributed by atoms with Gasteiger partial charge >= 0.3 is 0 Å². The number of anilines is 1. The normalized spacial score (nSPS) is 10.4. The average Bonchev–Trinajstić information content (AvgIpc) is 2.78. The molecule has 32 heavy (non-hydrogen) atoms. The Labute approximate surface area is 207 Å². The molecule has 0 unspecified atom stereocenters. The Morgan fingerprint density at radius 3 is 2.50 bits per heavy atom. The molecule has 0 fully saturated rings. The van der Waals surface area contributed by atoms with Crippen molar-refractivity contribution in [3.05, 3.63) is 53.6 Å². The number of nitrogens with zero attached hydrogens (tertiary/aromatic N) is 1. The van der Waals surface area contributed by atoms with Crippen molar-refractivity contribution in [3.8, 4) is 23.8 Å². The lowest BCUT2D eigenvalue weighted by Crippen LogP contribution is -2.42. The van der Waals surface area contributed by atoms with Crippen LogP contribution in [0.25, 0.3) is 0 Å². The van der Waals surface area contributed by atoms with E-state index >= 15 is 0 Å². The van der Waals surface area contributed by atoms with Gasteiger partial charge in [-0.15, -0.1) is 30.4 Å². The molecule has 0 bridgehead atoms. The predicted octanol–water partition coefficient (Wildman–Crippen LogP) is 3.43. The number of terminal acetylenes is 1. The number of hydrogen-bond acceptors (Lipinski definition) is 4. The molecule has 0 atom stereocenters. The smallest absolute Gasteiger partial charge is 0.243 e. The van der Waals surface area contributed by atoms with Crippen molar-refractivity contribution in [1.29, 1.82) is 0 Å². The number of aliphatic imine (C=N–C) groups is 1. The zero-order chi connectivity index (χ0) is 22.5. The van der Waals surface area contributed by atoms with E-state index in [2.05, 4.69) is 26.9 Å². The third-order valence-corrected chi connectivity index (χ3v) is 4.27. The Balaban J connectivity index is 0.00000512. The first-order valence-corrected chi connectivity index (χ1v) is 10.3. The summed E-state index contributed by atoms with van der Waals surface area (Å²) < 4.78 is 11.3. The maximum absolute atomic E-state index is 12.2. The van der Waals surface area contributed by atoms with Crippen LogP contribution >= 0.6 is 24.0 Å². The van der Waals surface area contributed by atoms with Gasteiger partial charge in [0.2, 0.25) is 5.91 Å². The fourth-order valence-corrected chi connectivity index (χ4v) is 2.85. The Morgan fingerprint density at radius 1 is 1.06 bits per heavy atom. The molecule has 0 aliphatic carbocycles. The fourth-order valence-electron chi connectivity index (χ4n) is 2.85. The molecule has 0 aromatic heterocycles. The molecule has 0 heterocycles. The molecular weight excluding hydrogens is 519 g/mol. The number of carbonyl (C=O) groups is 1. The van der Waals surface area contributed by atoms with Gasteiger partial charge in [0.15, 0.2) is 17.5 Å². The van der Waals surface area contributed by atoms with Crippen LogP contribution in [-0.4, -0.2) is 45.2 Å². The molecule has 0 aliphatic rings. The van der Waals surface area contributed by atoms with E-state index < -0.39 is 0 Å². The Kier molecular flexibility index (Phi) is 12.7. The molecule has 2 aromatic rings. The van der Waals surface area contributed by atoms with Crippen LogP contribution in [-0.2, 0) is 11.2 Å². The van der Waals surface area contributed by atoms with Crippen LogP contribution in [0.3, 0.4) is 0 Å². The van der Waals surface area contributed by atoms with Gasteiger partial charge in [-0.1, -0.05) is 18.1 Å². The second-order valence-corrected chi connectivity index (χ2v) is 6.52. The van der Waals surface area contributed by atoms with Crippen LogP contribution in [0, 0.1) is 12.3 Å². The van der Waals surface area contributed by atoms with E-state index in [0.29, 0.717) is 37.0 Å². The quantitative estimate of drug-likeness (QED) is 0.183. The summed E-state index contributed by atoms with van der Waals surface area (Å²) >= 11 is 0. The first-order valence-electron chi connectivity index (χ1n) is 10.3. The second-order valence-electron chi connectivity index (χ2n) is 6.52. The van der Waals surface area contributed by atoms with Gasteiger partial charge in [-0.3, -0.25) is 9.79 Å². The molecule has 0 saturated heterocycles. The van der Waals surface area contributed by atoms with Gasteiger partial charge in [0, 0.05) is 24.8 Å². The monoisotopic (exact) mass is 550 g/mol. The highest BCUT2D eigenvalue weighted by Gasteiger charge is 2.08. The highest BCUT2D eigenvalue weighted by molar-refractivity contribution is 14.0. The first-order chi connectivity index (χ1) is 15.1. The third-order valence-electron chi connectivity index (χ3n) is 4.27. The van der Waals surface area contributed by atoms with Gasteiger partial charge in [-0.05, 0) is 56.2 Å². The van der Waals surface area contributed by atoms with E-state index in [-0.39, 0.29) is 36.4 Å². The van der Waals surface area contributed by atoms with E-state index in [9.17, 15) is 4.79 Å². The van der Waals surface area contributed by atoms with Crippen LogP contribution in [0.15, 0.2) is 47.5 Å². The summed E-state index contributed by atoms with van der Waals surface area (Å²) in [5.74, 6) is 4.39. The standard InChI is InChI=1S/C24H30N4O3.HI/c1-5-18-9-8-10-20(15-18)28-23(29)17-27-24(25-4)26-14-13-19-11-12-21(30-6-2)22(16-19)31-7-3;/h1,8-12,15-16H,6-7,13-14,17H2,2-4H3,(H,28,29)(H2,25,26,27);1H. The zero-order valence-corrected chi connectivity index (χ0v) is 21.1. The van der Waals surface area contributed by atoms with Crippen molar-refractivity contribution in [2.75, 3.05) is 38.7 Å². The summed E-state index contributed by atoms with van der Waals surface area (Å²) in [6.07, 6.45) is 6.15. The molecule has 0 spiro atoms. The predicted molar refractivity (Wildman–Crippen MR) is 140 cm³/mol. The number of rotatable bonds is 10. The van der Waals surface area contributed by atoms with Crippen LogP contribution < -0.4 is 25.4 Å². The van der Waals surface area contributed by atoms with Crippen LogP contribution in [0.4, 0.5) is 5.69 Å². The van der Waals surface area contributed by atoms with Crippen LogP contribution in [0.5, 0.6) is 11.5 Å². The molecule has 8 heteroatoms. The number of hydrogen-bond donors (Lipinski definition) is 3. The molecular formula is C24H31IN4O3. The zero-order valence-electron chi connectivity index (χ0n) is 18.7. The lowest BCUT2D eigenvalue weighted by molar-refractivity contribution is -0.115. The van der Waals surface area contributed by atoms with Crippen molar-refractivity contribution >= 4 is 41.5 Å². The maximum atomic E-state index is 12.2. The summed E-state index contributed by atoms with van der Waals surface area (Å²) in [6, 6.07) is 13.1. The molecule has 2 rings (SSSR count). The van der Waals surface area contributed by atoms with Crippen molar-refractivity contribution < 1.29 is 14.3 Å². The van der Waals surface area contributed by atoms with Crippen molar-refractivity contribution in [2.24, 2.45) is 4.99 Å². The number of halogens is 1. The number of ether oxygens (including phenoxy) is 2. The lowest BCUT2D eigenvalue weighted by Gasteiger charge is -2.14. The third kappa shape index (κ3) is 9.06. The number of nitrogens with one attached hydrogen (secondary N) is 3. The molecule has 0 saturated carbocycles. The summed E-state index contributed by atoms with van der Waals surface area (Å²) in [7, 11) is 1.66. The SMILES string of the molecule is C#Cc1cccc(NC(=O)CNC(=NC)NCCc2ccc(OCC)c(OCC)c2)c1.I. The fraction of sp³-hybridized carbons (Fsp3) is 0.333. The van der Waals surface area contributed by atoms with E-state index in [0.717, 1.165) is 23.5 Å². The molecule has 2 aromatic carbocycles. The van der Waals surface area contributed by atoms with Gasteiger partial charge in [-0.2, -0.15) is 0 Å². The summed E-state index contributed by atoms with van der Waals surface area (Å²) in [5.41, 5.74) is 2.48. The molecule has 7 nitrogen and oxygen atoms in total.